The monoisotopic (exact) mass is 613 g/mol. The third-order valence-electron chi connectivity index (χ3n) is 5.05. The van der Waals surface area contributed by atoms with Crippen LogP contribution < -0.4 is 19.5 Å². The maximum absolute atomic E-state index is 12.7. The van der Waals surface area contributed by atoms with Crippen molar-refractivity contribution in [1.29, 1.82) is 5.26 Å². The number of nitro groups is 1. The molecule has 0 bridgehead atoms. The first-order chi connectivity index (χ1) is 17.7. The van der Waals surface area contributed by atoms with Gasteiger partial charge in [-0.05, 0) is 89.2 Å². The van der Waals surface area contributed by atoms with Gasteiger partial charge in [-0.1, -0.05) is 6.07 Å². The van der Waals surface area contributed by atoms with E-state index in [0.717, 1.165) is 0 Å². The number of nitrogens with one attached hydrogen (secondary N) is 1. The van der Waals surface area contributed by atoms with Gasteiger partial charge in [-0.2, -0.15) is 5.26 Å². The van der Waals surface area contributed by atoms with Crippen LogP contribution in [0.15, 0.2) is 60.2 Å². The Kier molecular flexibility index (Phi) is 8.81. The van der Waals surface area contributed by atoms with E-state index in [4.69, 9.17) is 14.2 Å². The number of hydrogen-bond acceptors (Lipinski definition) is 8. The Hall–Kier alpha value is -4.44. The third kappa shape index (κ3) is 6.62. The van der Waals surface area contributed by atoms with Crippen molar-refractivity contribution in [2.24, 2.45) is 0 Å². The Bertz CT molecular complexity index is 1440. The number of nitriles is 1. The number of ether oxygens (including phenoxy) is 3. The number of nitro benzene ring substituents is 1. The van der Waals surface area contributed by atoms with Gasteiger partial charge in [-0.15, -0.1) is 0 Å². The van der Waals surface area contributed by atoms with Gasteiger partial charge in [-0.3, -0.25) is 14.9 Å². The third-order valence-corrected chi connectivity index (χ3v) is 5.85. The number of methoxy groups -OCH3 is 2. The lowest BCUT2D eigenvalue weighted by Gasteiger charge is -2.13. The topological polar surface area (TPSA) is 141 Å². The Morgan fingerprint density at radius 1 is 1.08 bits per heavy atom. The van der Waals surface area contributed by atoms with Gasteiger partial charge in [-0.25, -0.2) is 4.79 Å². The number of nitrogens with zero attached hydrogens (tertiary/aromatic N) is 2. The van der Waals surface area contributed by atoms with E-state index in [1.165, 1.54) is 38.5 Å². The number of halogens is 1. The van der Waals surface area contributed by atoms with Crippen LogP contribution in [0, 0.1) is 31.9 Å². The summed E-state index contributed by atoms with van der Waals surface area (Å²) in [5.41, 5.74) is 0.748. The molecule has 0 heterocycles. The first-order valence-corrected chi connectivity index (χ1v) is 11.7. The van der Waals surface area contributed by atoms with Crippen molar-refractivity contribution in [2.45, 2.75) is 6.92 Å². The lowest BCUT2D eigenvalue weighted by Crippen LogP contribution is -2.14. The van der Waals surface area contributed by atoms with Crippen molar-refractivity contribution in [3.8, 4) is 23.3 Å². The van der Waals surface area contributed by atoms with E-state index < -0.39 is 16.8 Å². The second-order valence-electron chi connectivity index (χ2n) is 7.55. The van der Waals surface area contributed by atoms with E-state index in [0.29, 0.717) is 26.0 Å². The summed E-state index contributed by atoms with van der Waals surface area (Å²) >= 11 is 1.94. The van der Waals surface area contributed by atoms with Crippen LogP contribution in [0.4, 0.5) is 11.4 Å². The first kappa shape index (κ1) is 27.2. The van der Waals surface area contributed by atoms with E-state index in [1.54, 1.807) is 49.4 Å². The molecule has 3 aromatic rings. The van der Waals surface area contributed by atoms with Crippen LogP contribution in [0.1, 0.15) is 21.5 Å². The zero-order valence-corrected chi connectivity index (χ0v) is 22.1. The molecule has 0 atom stereocenters. The summed E-state index contributed by atoms with van der Waals surface area (Å²) in [6, 6.07) is 15.6. The van der Waals surface area contributed by atoms with Gasteiger partial charge in [0.2, 0.25) is 0 Å². The SMILES string of the molecule is COc1ccc(C(=O)Oc2c(I)cc(/C=C(\C#N)C(=O)Nc3ccc(C)cc3[N+](=O)[O-])cc2OC)cc1. The molecule has 0 aliphatic carbocycles. The molecule has 10 nitrogen and oxygen atoms in total. The average molecular weight is 613 g/mol. The van der Waals surface area contributed by atoms with Crippen LogP contribution in [0.25, 0.3) is 6.08 Å². The normalized spacial score (nSPS) is 10.7. The van der Waals surface area contributed by atoms with E-state index in [9.17, 15) is 25.0 Å². The van der Waals surface area contributed by atoms with Crippen LogP contribution >= 0.6 is 22.6 Å². The second-order valence-corrected chi connectivity index (χ2v) is 8.72. The summed E-state index contributed by atoms with van der Waals surface area (Å²) < 4.78 is 16.5. The zero-order valence-electron chi connectivity index (χ0n) is 19.9. The maximum Gasteiger partial charge on any atom is 0.343 e. The van der Waals surface area contributed by atoms with Crippen LogP contribution in [-0.4, -0.2) is 31.0 Å². The minimum absolute atomic E-state index is 0.0327. The lowest BCUT2D eigenvalue weighted by atomic mass is 10.1. The van der Waals surface area contributed by atoms with E-state index >= 15 is 0 Å². The molecule has 0 spiro atoms. The second kappa shape index (κ2) is 12.0. The minimum Gasteiger partial charge on any atom is -0.497 e. The molecule has 188 valence electrons. The molecule has 0 fully saturated rings. The van der Waals surface area contributed by atoms with Crippen LogP contribution in [-0.2, 0) is 4.79 Å². The largest absolute Gasteiger partial charge is 0.497 e. The highest BCUT2D eigenvalue weighted by Crippen LogP contribution is 2.35. The van der Waals surface area contributed by atoms with Crippen molar-refractivity contribution in [3.63, 3.8) is 0 Å². The van der Waals surface area contributed by atoms with Crippen molar-refractivity contribution in [3.05, 3.63) is 90.5 Å². The predicted octanol–water partition coefficient (Wildman–Crippen LogP) is 5.29. The molecule has 0 unspecified atom stereocenters. The Morgan fingerprint density at radius 2 is 1.78 bits per heavy atom. The van der Waals surface area contributed by atoms with Gasteiger partial charge < -0.3 is 19.5 Å². The number of anilines is 1. The Labute approximate surface area is 225 Å². The fourth-order valence-electron chi connectivity index (χ4n) is 3.20. The quantitative estimate of drug-likeness (QED) is 0.0688. The standard InChI is InChI=1S/C26H20IN3O7/c1-15-4-9-21(22(10-15)30(33)34)29-25(31)18(14-28)11-16-12-20(27)24(23(13-16)36-3)37-26(32)17-5-7-19(35-2)8-6-17/h4-13H,1-3H3,(H,29,31)/b18-11+. The van der Waals surface area contributed by atoms with E-state index in [2.05, 4.69) is 5.32 Å². The summed E-state index contributed by atoms with van der Waals surface area (Å²) in [7, 11) is 2.91. The Balaban J connectivity index is 1.87. The molecular formula is C26H20IN3O7. The maximum atomic E-state index is 12.7. The number of esters is 1. The summed E-state index contributed by atoms with van der Waals surface area (Å²) in [6.07, 6.45) is 1.30. The number of aryl methyl sites for hydroxylation is 1. The fraction of sp³-hybridized carbons (Fsp3) is 0.115. The van der Waals surface area contributed by atoms with Crippen molar-refractivity contribution in [1.82, 2.24) is 0 Å². The summed E-state index contributed by atoms with van der Waals surface area (Å²) in [5, 5.41) is 23.3. The number of carbonyl (C=O) groups is 2. The first-order valence-electron chi connectivity index (χ1n) is 10.6. The van der Waals surface area contributed by atoms with E-state index in [-0.39, 0.29) is 28.4 Å². The molecule has 37 heavy (non-hydrogen) atoms. The number of benzene rings is 3. The molecule has 0 radical (unpaired) electrons. The molecule has 0 aliphatic heterocycles. The van der Waals surface area contributed by atoms with Crippen LogP contribution in [0.2, 0.25) is 0 Å². The molecule has 0 aromatic heterocycles. The lowest BCUT2D eigenvalue weighted by molar-refractivity contribution is -0.384. The number of amides is 1. The molecule has 0 aliphatic rings. The highest BCUT2D eigenvalue weighted by molar-refractivity contribution is 14.1. The number of carbonyl (C=O) groups excluding carboxylic acids is 2. The average Bonchev–Trinajstić information content (AvgIpc) is 2.89. The van der Waals surface area contributed by atoms with E-state index in [1.807, 2.05) is 22.6 Å². The number of hydrogen-bond donors (Lipinski definition) is 1. The molecule has 1 amide bonds. The Morgan fingerprint density at radius 3 is 2.38 bits per heavy atom. The van der Waals surface area contributed by atoms with Crippen molar-refractivity contribution < 1.29 is 28.7 Å². The molecule has 11 heteroatoms. The van der Waals surface area contributed by atoms with Gasteiger partial charge in [0.05, 0.1) is 28.3 Å². The minimum atomic E-state index is -0.821. The molecule has 1 N–H and O–H groups in total. The van der Waals surface area contributed by atoms with Crippen LogP contribution in [0.3, 0.4) is 0 Å². The summed E-state index contributed by atoms with van der Waals surface area (Å²) in [6.45, 7) is 1.69. The highest BCUT2D eigenvalue weighted by Gasteiger charge is 2.20. The highest BCUT2D eigenvalue weighted by atomic mass is 127. The molecule has 3 rings (SSSR count). The van der Waals surface area contributed by atoms with Gasteiger partial charge in [0, 0.05) is 6.07 Å². The van der Waals surface area contributed by atoms with Gasteiger partial charge >= 0.3 is 5.97 Å². The van der Waals surface area contributed by atoms with Crippen molar-refractivity contribution in [2.75, 3.05) is 19.5 Å². The van der Waals surface area contributed by atoms with Gasteiger partial charge in [0.15, 0.2) is 11.5 Å². The van der Waals surface area contributed by atoms with Gasteiger partial charge in [0.1, 0.15) is 23.1 Å². The molecule has 0 saturated carbocycles. The van der Waals surface area contributed by atoms with Gasteiger partial charge in [0.25, 0.3) is 11.6 Å². The van der Waals surface area contributed by atoms with Crippen molar-refractivity contribution >= 4 is 51.9 Å². The van der Waals surface area contributed by atoms with Crippen LogP contribution in [0.5, 0.6) is 17.2 Å². The molecule has 0 saturated heterocycles. The summed E-state index contributed by atoms with van der Waals surface area (Å²) in [5.74, 6) is -0.474. The smallest absolute Gasteiger partial charge is 0.343 e. The molecule has 3 aromatic carbocycles. The predicted molar refractivity (Wildman–Crippen MR) is 144 cm³/mol. The zero-order chi connectivity index (χ0) is 27.1. The molecular weight excluding hydrogens is 593 g/mol. The summed E-state index contributed by atoms with van der Waals surface area (Å²) in [4.78, 5) is 36.1. The fourth-order valence-corrected chi connectivity index (χ4v) is 3.94. The number of rotatable bonds is 8.